The summed E-state index contributed by atoms with van der Waals surface area (Å²) in [6.45, 7) is 0. The van der Waals surface area contributed by atoms with Crippen molar-refractivity contribution in [2.24, 2.45) is 0 Å². The van der Waals surface area contributed by atoms with Crippen molar-refractivity contribution < 1.29 is 14.4 Å². The third-order valence-electron chi connectivity index (χ3n) is 22.1. The van der Waals surface area contributed by atoms with Gasteiger partial charge in [-0.2, -0.15) is 0 Å². The van der Waals surface area contributed by atoms with Crippen LogP contribution in [0.5, 0.6) is 11.5 Å². The lowest BCUT2D eigenvalue weighted by molar-refractivity contribution is -0.384. The number of ether oxygens (including phenoxy) is 2. The van der Waals surface area contributed by atoms with Crippen LogP contribution in [0.15, 0.2) is 473 Å². The van der Waals surface area contributed by atoms with Gasteiger partial charge in [-0.1, -0.05) is 261 Å². The molecule has 0 spiro atoms. The van der Waals surface area contributed by atoms with Crippen LogP contribution in [0.2, 0.25) is 0 Å². The van der Waals surface area contributed by atoms with Gasteiger partial charge in [-0.25, -0.2) is 0 Å². The monoisotopic (exact) mass is 1610 g/mol. The molecule has 0 atom stereocenters. The van der Waals surface area contributed by atoms with Crippen molar-refractivity contribution in [3.05, 3.63) is 483 Å². The Morgan fingerprint density at radius 3 is 0.613 bits per heavy atom. The minimum atomic E-state index is -0.382. The van der Waals surface area contributed by atoms with Gasteiger partial charge in [0.25, 0.3) is 5.69 Å². The predicted molar refractivity (Wildman–Crippen MR) is 519 cm³/mol. The lowest BCUT2D eigenvalue weighted by atomic mass is 10.0. The molecule has 0 radical (unpaired) electrons. The molecule has 0 aliphatic carbocycles. The summed E-state index contributed by atoms with van der Waals surface area (Å²) in [5.41, 5.74) is 30.2. The molecule has 11 nitrogen and oxygen atoms in total. The Labute approximate surface area is 727 Å². The summed E-state index contributed by atoms with van der Waals surface area (Å²) in [6, 6.07) is 164. The second kappa shape index (κ2) is 39.1. The third-order valence-corrected chi connectivity index (χ3v) is 22.1. The fourth-order valence-corrected chi connectivity index (χ4v) is 15.4. The third kappa shape index (κ3) is 19.5. The number of non-ortho nitro benzene ring substituents is 1. The van der Waals surface area contributed by atoms with E-state index in [1.807, 2.05) is 54.4 Å². The summed E-state index contributed by atoms with van der Waals surface area (Å²) in [7, 11) is 9.51. The predicted octanol–water partition coefficient (Wildman–Crippen LogP) is 30.7. The maximum atomic E-state index is 11.1. The van der Waals surface area contributed by atoms with E-state index in [1.54, 1.807) is 26.4 Å². The van der Waals surface area contributed by atoms with Crippen molar-refractivity contribution in [3.8, 4) is 78.3 Å². The van der Waals surface area contributed by atoms with Gasteiger partial charge in [0.15, 0.2) is 0 Å². The smallest absolute Gasteiger partial charge is 0.269 e. The van der Waals surface area contributed by atoms with Crippen LogP contribution in [-0.4, -0.2) is 40.3 Å². The number of rotatable bonds is 24. The van der Waals surface area contributed by atoms with Gasteiger partial charge in [0.1, 0.15) is 11.5 Å². The molecule has 0 N–H and O–H groups in total. The Kier molecular flexibility index (Phi) is 25.7. The highest BCUT2D eigenvalue weighted by Gasteiger charge is 2.21. The minimum absolute atomic E-state index is 0.0774. The average molecular weight is 1610 g/mol. The molecule has 0 heterocycles. The molecule has 0 amide bonds. The molecule has 18 rings (SSSR count). The highest BCUT2D eigenvalue weighted by Crippen LogP contribution is 2.45. The van der Waals surface area contributed by atoms with Crippen molar-refractivity contribution in [2.75, 3.05) is 64.8 Å². The molecule has 604 valence electrons. The SMILES string of the molecule is CN(c1ccc(N(c2cccc(-c3ccccc3)c2)c2cccc(-c3ccccc3)c2)cc1)c1ccc([N+](=O)[O-])cc1.COc1ccc(N(C)c2ccc(N(c3cccc(-c4ccccc4)c3)c3cccc(-c4ccccc4)c3)cc2)cc1.COc1cccc(N(C)c2ccc(N(c3cccc(-c4ccccc4)c3)c3cccc(-c4ccccc4)c3)cc2)c1. The Morgan fingerprint density at radius 1 is 0.185 bits per heavy atom. The fraction of sp³-hybridized carbons (Fsp3) is 0.0442. The van der Waals surface area contributed by atoms with Crippen molar-refractivity contribution in [3.63, 3.8) is 0 Å². The van der Waals surface area contributed by atoms with E-state index in [-0.39, 0.29) is 10.6 Å². The van der Waals surface area contributed by atoms with Gasteiger partial charge >= 0.3 is 0 Å². The first-order chi connectivity index (χ1) is 60.9. The Morgan fingerprint density at radius 2 is 0.379 bits per heavy atom. The van der Waals surface area contributed by atoms with Crippen molar-refractivity contribution in [1.29, 1.82) is 0 Å². The summed E-state index contributed by atoms with van der Waals surface area (Å²) in [5.74, 6) is 1.69. The average Bonchev–Trinajstić information content (AvgIpc) is 0.793. The number of methoxy groups -OCH3 is 2. The van der Waals surface area contributed by atoms with E-state index in [9.17, 15) is 10.1 Å². The molecule has 124 heavy (non-hydrogen) atoms. The van der Waals surface area contributed by atoms with Crippen LogP contribution >= 0.6 is 0 Å². The molecule has 0 fully saturated rings. The summed E-state index contributed by atoms with van der Waals surface area (Å²) in [4.78, 5) is 24.0. The highest BCUT2D eigenvalue weighted by atomic mass is 16.6. The zero-order valence-corrected chi connectivity index (χ0v) is 69.8. The minimum Gasteiger partial charge on any atom is -0.497 e. The number of benzene rings is 18. The Bertz CT molecular complexity index is 6260. The topological polar surface area (TPSA) is 81.0 Å². The van der Waals surface area contributed by atoms with Gasteiger partial charge in [0.05, 0.1) is 19.1 Å². The van der Waals surface area contributed by atoms with Gasteiger partial charge in [0, 0.05) is 125 Å². The lowest BCUT2D eigenvalue weighted by Crippen LogP contribution is -2.12. The molecule has 18 aromatic carbocycles. The number of anilines is 15. The molecule has 0 aromatic heterocycles. The maximum Gasteiger partial charge on any atom is 0.269 e. The molecule has 0 saturated carbocycles. The molecule has 0 aliphatic rings. The normalized spacial score (nSPS) is 10.7. The van der Waals surface area contributed by atoms with E-state index in [2.05, 4.69) is 445 Å². The number of hydrogen-bond acceptors (Lipinski definition) is 10. The van der Waals surface area contributed by atoms with Crippen LogP contribution in [0.1, 0.15) is 0 Å². The summed E-state index contributed by atoms with van der Waals surface area (Å²) in [6.07, 6.45) is 0. The molecular weight excluding hydrogens is 1520 g/mol. The number of nitrogens with zero attached hydrogens (tertiary/aromatic N) is 7. The first-order valence-electron chi connectivity index (χ1n) is 41.3. The van der Waals surface area contributed by atoms with Crippen LogP contribution in [0.3, 0.4) is 0 Å². The molecule has 18 aromatic rings. The summed E-state index contributed by atoms with van der Waals surface area (Å²) in [5, 5.41) is 11.1. The second-order valence-corrected chi connectivity index (χ2v) is 29.9. The Balaban J connectivity index is 0.000000137. The van der Waals surface area contributed by atoms with Gasteiger partial charge in [-0.05, 0) is 261 Å². The van der Waals surface area contributed by atoms with Gasteiger partial charge < -0.3 is 38.9 Å². The largest absolute Gasteiger partial charge is 0.497 e. The summed E-state index contributed by atoms with van der Waals surface area (Å²) < 4.78 is 10.8. The van der Waals surface area contributed by atoms with E-state index < -0.39 is 0 Å². The fourth-order valence-electron chi connectivity index (χ4n) is 15.4. The van der Waals surface area contributed by atoms with Crippen molar-refractivity contribution in [2.45, 2.75) is 0 Å². The summed E-state index contributed by atoms with van der Waals surface area (Å²) >= 11 is 0. The first-order valence-corrected chi connectivity index (χ1v) is 41.3. The second-order valence-electron chi connectivity index (χ2n) is 29.9. The maximum absolute atomic E-state index is 11.1. The quantitative estimate of drug-likeness (QED) is 0.0431. The van der Waals surface area contributed by atoms with Crippen LogP contribution in [0.25, 0.3) is 66.8 Å². The van der Waals surface area contributed by atoms with E-state index in [4.69, 9.17) is 9.47 Å². The highest BCUT2D eigenvalue weighted by molar-refractivity contribution is 5.88. The first kappa shape index (κ1) is 81.5. The molecule has 0 saturated heterocycles. The van der Waals surface area contributed by atoms with E-state index in [0.29, 0.717) is 0 Å². The zero-order valence-electron chi connectivity index (χ0n) is 69.8. The van der Waals surface area contributed by atoms with Gasteiger partial charge in [-0.15, -0.1) is 0 Å². The zero-order chi connectivity index (χ0) is 84.9. The van der Waals surface area contributed by atoms with Crippen molar-refractivity contribution >= 4 is 91.0 Å². The number of nitro groups is 1. The van der Waals surface area contributed by atoms with Crippen LogP contribution in [0.4, 0.5) is 91.0 Å². The van der Waals surface area contributed by atoms with Crippen LogP contribution in [-0.2, 0) is 0 Å². The molecule has 0 aliphatic heterocycles. The van der Waals surface area contributed by atoms with Crippen LogP contribution in [0, 0.1) is 10.1 Å². The molecular formula is C113H93N7O4. The van der Waals surface area contributed by atoms with Crippen molar-refractivity contribution in [1.82, 2.24) is 0 Å². The molecule has 11 heteroatoms. The van der Waals surface area contributed by atoms with E-state index in [0.717, 1.165) is 119 Å². The van der Waals surface area contributed by atoms with Gasteiger partial charge in [0.2, 0.25) is 0 Å². The van der Waals surface area contributed by atoms with Crippen LogP contribution < -0.4 is 38.9 Å². The number of hydrogen-bond donors (Lipinski definition) is 0. The van der Waals surface area contributed by atoms with Gasteiger partial charge in [-0.3, -0.25) is 10.1 Å². The van der Waals surface area contributed by atoms with E-state index >= 15 is 0 Å². The molecule has 0 unspecified atom stereocenters. The Hall–Kier alpha value is -16.2. The standard InChI is InChI=1S/2C38H32N2O.C37H29N3O2/c1-39(35-18-11-21-38(28-35)41-2)33-22-24-34(25-23-33)40(36-19-9-16-31(26-36)29-12-5-3-6-13-29)37-20-10-17-32(27-37)30-14-7-4-8-15-30;1-39(34-23-25-38(41-2)26-24-34)33-19-21-35(22-20-33)40(36-17-9-15-31(27-36)29-11-5-3-6-12-29)37-18-10-16-32(28-37)30-13-7-4-8-14-30;1-38(33-20-24-35(25-21-33)40(41)42)32-18-22-34(23-19-32)39(36-16-8-14-30(26-36)28-10-4-2-5-11-28)37-17-9-15-31(27-37)29-12-6-3-7-13-29/h2*3-28H,1-2H3;2-27H,1H3. The number of nitro benzene ring substituents is 1. The molecule has 0 bridgehead atoms. The lowest BCUT2D eigenvalue weighted by Gasteiger charge is -2.27. The van der Waals surface area contributed by atoms with E-state index in [1.165, 1.54) is 56.6 Å².